The van der Waals surface area contributed by atoms with Crippen molar-refractivity contribution in [1.82, 2.24) is 10.9 Å². The van der Waals surface area contributed by atoms with Crippen molar-refractivity contribution < 1.29 is 21.8 Å². The summed E-state index contributed by atoms with van der Waals surface area (Å²) in [6.45, 7) is 0. The monoisotopic (exact) mass is 243 g/mol. The molecule has 0 heterocycles. The first-order valence-electron chi connectivity index (χ1n) is 1.99. The van der Waals surface area contributed by atoms with Crippen molar-refractivity contribution >= 4 is 12.7 Å². The van der Waals surface area contributed by atoms with Gasteiger partial charge in [0.05, 0.1) is 0 Å². The van der Waals surface area contributed by atoms with Gasteiger partial charge in [-0.15, -0.1) is 0 Å². The molecule has 0 saturated carbocycles. The third-order valence-electron chi connectivity index (χ3n) is 0.392. The summed E-state index contributed by atoms with van der Waals surface area (Å²) < 4.78 is 8.86. The number of hydrazone groups is 1. The van der Waals surface area contributed by atoms with E-state index in [9.17, 15) is 0 Å². The first kappa shape index (κ1) is 8.43. The Hall–Kier alpha value is -0.570. The summed E-state index contributed by atoms with van der Waals surface area (Å²) in [7, 11) is 0. The zero-order valence-corrected chi connectivity index (χ0v) is 6.74. The number of nitrogens with zero attached hydrogens (tertiary/aromatic N) is 2. The molecule has 0 bridgehead atoms. The Balaban J connectivity index is 2.99. The summed E-state index contributed by atoms with van der Waals surface area (Å²) in [6, 6.07) is 0. The minimum absolute atomic E-state index is 0.524. The first-order chi connectivity index (χ1) is 4.41. The molecule has 0 radical (unpaired) electrons. The molecule has 0 aromatic carbocycles. The molecule has 0 amide bonds. The molecule has 0 saturated heterocycles. The Labute approximate surface area is 63.7 Å². The topological polar surface area (TPSA) is 101 Å². The molecule has 0 aromatic heterocycles. The van der Waals surface area contributed by atoms with Gasteiger partial charge in [-0.2, -0.15) is 0 Å². The predicted molar refractivity (Wildman–Crippen MR) is 31.6 cm³/mol. The molecule has 0 fully saturated rings. The van der Waals surface area contributed by atoms with Crippen LogP contribution >= 0.6 is 0 Å². The fourth-order valence-corrected chi connectivity index (χ4v) is 0.464. The van der Waals surface area contributed by atoms with Crippen molar-refractivity contribution in [2.75, 3.05) is 0 Å². The van der Waals surface area contributed by atoms with Gasteiger partial charge in [-0.25, -0.2) is 0 Å². The van der Waals surface area contributed by atoms with E-state index in [0.717, 1.165) is 0 Å². The standard InChI is InChI=1S/C2H8IN6/c4-3-6-1-8-9-2-7-5/h1-2H,4-5H2,(H,6,8)(H,7,9)/q-1. The van der Waals surface area contributed by atoms with E-state index in [1.165, 1.54) is 12.7 Å². The van der Waals surface area contributed by atoms with Crippen LogP contribution in [0, 0.1) is 0 Å². The fourth-order valence-electron chi connectivity index (χ4n) is 0.164. The van der Waals surface area contributed by atoms with Crippen LogP contribution in [0.2, 0.25) is 0 Å². The molecule has 9 heavy (non-hydrogen) atoms. The van der Waals surface area contributed by atoms with E-state index in [-0.39, 0.29) is 0 Å². The maximum atomic E-state index is 5.13. The normalized spacial score (nSPS) is 11.2. The van der Waals surface area contributed by atoms with E-state index < -0.39 is 21.8 Å². The quantitative estimate of drug-likeness (QED) is 0.0754. The molecule has 0 atom stereocenters. The summed E-state index contributed by atoms with van der Waals surface area (Å²) in [5.41, 5.74) is 5.08. The minimum atomic E-state index is -0.524. The second-order valence-electron chi connectivity index (χ2n) is 0.891. The van der Waals surface area contributed by atoms with Gasteiger partial charge in [0.15, 0.2) is 0 Å². The SMILES string of the molecule is NN=CNNC=N[I-]N. The van der Waals surface area contributed by atoms with Crippen LogP contribution in [0.15, 0.2) is 8.31 Å². The molecule has 0 unspecified atom stereocenters. The number of hydrogen-bond donors (Lipinski definition) is 4. The van der Waals surface area contributed by atoms with Gasteiger partial charge in [0.25, 0.3) is 0 Å². The van der Waals surface area contributed by atoms with Gasteiger partial charge in [-0.3, -0.25) is 0 Å². The van der Waals surface area contributed by atoms with Crippen LogP contribution in [0.5, 0.6) is 0 Å². The van der Waals surface area contributed by atoms with E-state index in [0.29, 0.717) is 0 Å². The average molecular weight is 243 g/mol. The molecular weight excluding hydrogens is 235 g/mol. The van der Waals surface area contributed by atoms with Crippen molar-refractivity contribution in [1.29, 1.82) is 0 Å². The predicted octanol–water partition coefficient (Wildman–Crippen LogP) is -5.11. The molecule has 7 heteroatoms. The van der Waals surface area contributed by atoms with Crippen molar-refractivity contribution in [2.45, 2.75) is 0 Å². The van der Waals surface area contributed by atoms with Crippen LogP contribution in [0.25, 0.3) is 0 Å². The molecular formula is C2H8IN6-. The third-order valence-corrected chi connectivity index (χ3v) is 0.992. The second-order valence-corrected chi connectivity index (χ2v) is 2.01. The zero-order chi connectivity index (χ0) is 6.95. The van der Waals surface area contributed by atoms with Gasteiger partial charge in [-0.1, -0.05) is 0 Å². The van der Waals surface area contributed by atoms with Crippen molar-refractivity contribution in [3.05, 3.63) is 0 Å². The number of hydrogen-bond acceptors (Lipinski definition) is 4. The maximum absolute atomic E-state index is 5.13. The number of hydrazine groups is 1. The summed E-state index contributed by atoms with van der Waals surface area (Å²) in [6.07, 6.45) is 2.75. The van der Waals surface area contributed by atoms with E-state index in [1.54, 1.807) is 0 Å². The fraction of sp³-hybridized carbons (Fsp3) is 0. The summed E-state index contributed by atoms with van der Waals surface area (Å²) in [4.78, 5) is 0. The van der Waals surface area contributed by atoms with Crippen LogP contribution in [0.4, 0.5) is 0 Å². The van der Waals surface area contributed by atoms with Gasteiger partial charge in [0.2, 0.25) is 0 Å². The van der Waals surface area contributed by atoms with Crippen LogP contribution in [-0.2, 0) is 0 Å². The average Bonchev–Trinajstić information content (AvgIpc) is 1.89. The van der Waals surface area contributed by atoms with Gasteiger partial charge >= 0.3 is 63.4 Å². The molecule has 0 aliphatic heterocycles. The Morgan fingerprint density at radius 2 is 2.00 bits per heavy atom. The van der Waals surface area contributed by atoms with Gasteiger partial charge in [-0.05, 0) is 0 Å². The summed E-state index contributed by atoms with van der Waals surface area (Å²) in [5.74, 6) is 4.75. The molecule has 54 valence electrons. The zero-order valence-electron chi connectivity index (χ0n) is 4.58. The molecule has 0 spiro atoms. The molecule has 6 N–H and O–H groups in total. The first-order valence-corrected chi connectivity index (χ1v) is 4.20. The van der Waals surface area contributed by atoms with Gasteiger partial charge in [0.1, 0.15) is 0 Å². The molecule has 0 aromatic rings. The van der Waals surface area contributed by atoms with Crippen LogP contribution < -0.4 is 42.4 Å². The Morgan fingerprint density at radius 1 is 1.33 bits per heavy atom. The van der Waals surface area contributed by atoms with E-state index in [4.69, 9.17) is 9.79 Å². The summed E-state index contributed by atoms with van der Waals surface area (Å²) >= 11 is -0.524. The Bertz CT molecular complexity index is 99.2. The van der Waals surface area contributed by atoms with E-state index in [1.807, 2.05) is 0 Å². The molecule has 6 nitrogen and oxygen atoms in total. The molecule has 0 rings (SSSR count). The third kappa shape index (κ3) is 7.43. The van der Waals surface area contributed by atoms with Crippen LogP contribution in [0.1, 0.15) is 0 Å². The van der Waals surface area contributed by atoms with Crippen molar-refractivity contribution in [3.63, 3.8) is 0 Å². The van der Waals surface area contributed by atoms with Gasteiger partial charge in [0, 0.05) is 0 Å². The van der Waals surface area contributed by atoms with E-state index in [2.05, 4.69) is 19.2 Å². The second kappa shape index (κ2) is 7.43. The summed E-state index contributed by atoms with van der Waals surface area (Å²) in [5, 5.41) is 3.15. The van der Waals surface area contributed by atoms with Crippen LogP contribution in [-0.4, -0.2) is 12.7 Å². The Kier molecular flexibility index (Phi) is 6.96. The number of nitrogens with one attached hydrogen (secondary N) is 2. The molecule has 0 aliphatic rings. The van der Waals surface area contributed by atoms with Gasteiger partial charge < -0.3 is 0 Å². The number of nitrogens with two attached hydrogens (primary N) is 2. The van der Waals surface area contributed by atoms with Crippen molar-refractivity contribution in [3.8, 4) is 0 Å². The van der Waals surface area contributed by atoms with E-state index >= 15 is 0 Å². The Morgan fingerprint density at radius 3 is 2.56 bits per heavy atom. The van der Waals surface area contributed by atoms with Crippen molar-refractivity contribution in [2.24, 2.45) is 18.1 Å². The number of rotatable bonds is 4. The number of halogens is 1. The molecule has 0 aliphatic carbocycles. The van der Waals surface area contributed by atoms with Crippen LogP contribution in [0.3, 0.4) is 0 Å².